The lowest BCUT2D eigenvalue weighted by molar-refractivity contribution is -0.146. The van der Waals surface area contributed by atoms with Gasteiger partial charge in [-0.25, -0.2) is 9.78 Å². The lowest BCUT2D eigenvalue weighted by Gasteiger charge is -2.31. The Labute approximate surface area is 336 Å². The van der Waals surface area contributed by atoms with Crippen molar-refractivity contribution in [1.29, 1.82) is 0 Å². The second-order valence-corrected chi connectivity index (χ2v) is 15.8. The number of benzene rings is 2. The number of nitrogens with two attached hydrogens (primary N) is 1. The zero-order valence-electron chi connectivity index (χ0n) is 32.5. The summed E-state index contributed by atoms with van der Waals surface area (Å²) in [4.78, 5) is 88.2. The van der Waals surface area contributed by atoms with Crippen LogP contribution in [0.4, 0.5) is 0 Å². The minimum absolute atomic E-state index is 0.101. The summed E-state index contributed by atoms with van der Waals surface area (Å²) in [5.41, 5.74) is 8.21. The van der Waals surface area contributed by atoms with Crippen LogP contribution in [0.3, 0.4) is 0 Å². The van der Waals surface area contributed by atoms with Crippen LogP contribution < -0.4 is 21.7 Å². The molecule has 0 aliphatic carbocycles. The van der Waals surface area contributed by atoms with E-state index in [1.807, 2.05) is 67.6 Å². The summed E-state index contributed by atoms with van der Waals surface area (Å²) >= 11 is 1.27. The number of aliphatic hydroxyl groups excluding tert-OH is 1. The first-order valence-corrected chi connectivity index (χ1v) is 20.4. The SMILES string of the molecule is CC[C@H](C)[C@H](NC(=O)[C@@H]1CCCN1C(=O)[C@H](Cc1ccccc1)NC(=O)c1csc([C@@H]2CCCN2C(=O)[C@@H](N)Cc2ccccc2)n1)C(=O)N[C@H](C(=O)O)[C@H](C)O. The highest BCUT2D eigenvalue weighted by molar-refractivity contribution is 7.09. The van der Waals surface area contributed by atoms with Gasteiger partial charge in [0.2, 0.25) is 23.6 Å². The van der Waals surface area contributed by atoms with Crippen molar-refractivity contribution >= 4 is 46.8 Å². The lowest BCUT2D eigenvalue weighted by atomic mass is 9.97. The number of likely N-dealkylation sites (tertiary alicyclic amines) is 2. The monoisotopic (exact) mass is 803 g/mol. The maximum absolute atomic E-state index is 14.3. The third kappa shape index (κ3) is 10.8. The van der Waals surface area contributed by atoms with Crippen LogP contribution in [0.2, 0.25) is 0 Å². The maximum atomic E-state index is 14.3. The van der Waals surface area contributed by atoms with Crippen molar-refractivity contribution in [3.63, 3.8) is 0 Å². The van der Waals surface area contributed by atoms with E-state index in [9.17, 15) is 39.0 Å². The fourth-order valence-electron chi connectivity index (χ4n) is 7.37. The van der Waals surface area contributed by atoms with E-state index >= 15 is 0 Å². The molecule has 2 aromatic carbocycles. The summed E-state index contributed by atoms with van der Waals surface area (Å²) in [5.74, 6) is -4.42. The van der Waals surface area contributed by atoms with Gasteiger partial charge >= 0.3 is 5.97 Å². The molecule has 0 spiro atoms. The number of hydrogen-bond acceptors (Lipinski definition) is 10. The Morgan fingerprint density at radius 3 is 2.07 bits per heavy atom. The van der Waals surface area contributed by atoms with E-state index in [4.69, 9.17) is 5.73 Å². The van der Waals surface area contributed by atoms with E-state index in [1.165, 1.54) is 23.2 Å². The highest BCUT2D eigenvalue weighted by Gasteiger charge is 2.41. The summed E-state index contributed by atoms with van der Waals surface area (Å²) < 4.78 is 0. The summed E-state index contributed by atoms with van der Waals surface area (Å²) in [6.07, 6.45) is 1.86. The molecule has 2 aliphatic heterocycles. The minimum atomic E-state index is -1.58. The predicted molar refractivity (Wildman–Crippen MR) is 213 cm³/mol. The number of carbonyl (C=O) groups is 6. The quantitative estimate of drug-likeness (QED) is 0.117. The van der Waals surface area contributed by atoms with Gasteiger partial charge in [0, 0.05) is 24.9 Å². The molecule has 2 saturated heterocycles. The molecule has 306 valence electrons. The zero-order valence-corrected chi connectivity index (χ0v) is 33.3. The third-order valence-corrected chi connectivity index (χ3v) is 11.7. The van der Waals surface area contributed by atoms with E-state index in [0.29, 0.717) is 43.7 Å². The summed E-state index contributed by atoms with van der Waals surface area (Å²) in [6.45, 7) is 5.56. The van der Waals surface area contributed by atoms with Crippen LogP contribution in [0.5, 0.6) is 0 Å². The van der Waals surface area contributed by atoms with Gasteiger partial charge in [0.25, 0.3) is 5.91 Å². The molecule has 2 fully saturated rings. The van der Waals surface area contributed by atoms with Gasteiger partial charge in [-0.2, -0.15) is 0 Å². The highest BCUT2D eigenvalue weighted by atomic mass is 32.1. The summed E-state index contributed by atoms with van der Waals surface area (Å²) in [7, 11) is 0. The fourth-order valence-corrected chi connectivity index (χ4v) is 8.31. The number of carboxylic acid groups (broad SMARTS) is 1. The number of hydrogen-bond donors (Lipinski definition) is 6. The van der Waals surface area contributed by atoms with E-state index in [-0.39, 0.29) is 30.6 Å². The Bertz CT molecular complexity index is 1880. The smallest absolute Gasteiger partial charge is 0.328 e. The van der Waals surface area contributed by atoms with Gasteiger partial charge in [-0.15, -0.1) is 11.3 Å². The van der Waals surface area contributed by atoms with Crippen LogP contribution >= 0.6 is 11.3 Å². The van der Waals surface area contributed by atoms with Crippen molar-refractivity contribution in [1.82, 2.24) is 30.7 Å². The standard InChI is InChI=1S/C41H53N7O8S/c1-4-24(2)33(37(52)46-34(25(3)49)41(55)56)45-36(51)31-17-11-19-47(31)40(54)29(22-27-15-9-6-10-16-27)43-35(50)30-23-57-38(44-30)32-18-12-20-48(32)39(53)28(42)21-26-13-7-5-8-14-26/h5-10,13-16,23-25,28-29,31-34,49H,4,11-12,17-22,42H2,1-3H3,(H,43,50)(H,45,51)(H,46,52)(H,55,56)/t24-,25-,28-,29-,31-,32-,33-,34-/m0/s1. The normalized spacial score (nSPS) is 19.8. The Morgan fingerprint density at radius 1 is 0.842 bits per heavy atom. The maximum Gasteiger partial charge on any atom is 0.328 e. The number of aromatic nitrogens is 1. The first-order chi connectivity index (χ1) is 27.3. The summed E-state index contributed by atoms with van der Waals surface area (Å²) in [6, 6.07) is 12.9. The number of nitrogens with one attached hydrogen (secondary N) is 3. The van der Waals surface area contributed by atoms with Crippen LogP contribution in [0.1, 0.15) is 85.5 Å². The minimum Gasteiger partial charge on any atom is -0.480 e. The number of nitrogens with zero attached hydrogens (tertiary/aromatic N) is 3. The Hall–Kier alpha value is -5.19. The number of amides is 5. The Kier molecular flexibility index (Phi) is 14.9. The van der Waals surface area contributed by atoms with Gasteiger partial charge in [-0.1, -0.05) is 80.9 Å². The molecule has 7 N–H and O–H groups in total. The molecule has 3 heterocycles. The number of carboxylic acids is 1. The van der Waals surface area contributed by atoms with Gasteiger partial charge in [-0.05, 0) is 56.1 Å². The van der Waals surface area contributed by atoms with E-state index in [1.54, 1.807) is 17.2 Å². The van der Waals surface area contributed by atoms with Crippen molar-refractivity contribution in [3.8, 4) is 0 Å². The van der Waals surface area contributed by atoms with Crippen molar-refractivity contribution in [2.24, 2.45) is 11.7 Å². The molecule has 15 nitrogen and oxygen atoms in total. The van der Waals surface area contributed by atoms with Gasteiger partial charge in [0.05, 0.1) is 18.2 Å². The second kappa shape index (κ2) is 19.8. The van der Waals surface area contributed by atoms with Gasteiger partial charge in [-0.3, -0.25) is 24.0 Å². The van der Waals surface area contributed by atoms with Gasteiger partial charge in [0.1, 0.15) is 28.8 Å². The molecular formula is C41H53N7O8S. The van der Waals surface area contributed by atoms with Crippen LogP contribution in [0, 0.1) is 5.92 Å². The molecule has 0 bridgehead atoms. The largest absolute Gasteiger partial charge is 0.480 e. The molecule has 3 aromatic rings. The van der Waals surface area contributed by atoms with Gasteiger partial charge in [0.15, 0.2) is 6.04 Å². The second-order valence-electron chi connectivity index (χ2n) is 14.9. The molecule has 5 amide bonds. The van der Waals surface area contributed by atoms with Crippen LogP contribution in [0.25, 0.3) is 0 Å². The predicted octanol–water partition coefficient (Wildman–Crippen LogP) is 2.19. The molecule has 5 rings (SSSR count). The van der Waals surface area contributed by atoms with E-state index < -0.39 is 71.8 Å². The number of aliphatic hydroxyl groups is 1. The first kappa shape index (κ1) is 42.9. The van der Waals surface area contributed by atoms with Crippen molar-refractivity contribution < 1.29 is 39.0 Å². The topological polar surface area (TPSA) is 224 Å². The fraction of sp³-hybridized carbons (Fsp3) is 0.488. The van der Waals surface area contributed by atoms with Crippen molar-refractivity contribution in [2.45, 2.75) is 108 Å². The van der Waals surface area contributed by atoms with E-state index in [0.717, 1.165) is 17.5 Å². The molecule has 0 radical (unpaired) electrons. The zero-order chi connectivity index (χ0) is 41.2. The molecule has 16 heteroatoms. The van der Waals surface area contributed by atoms with Gasteiger partial charge < -0.3 is 41.7 Å². The van der Waals surface area contributed by atoms with Crippen molar-refractivity contribution in [2.75, 3.05) is 13.1 Å². The number of thiazole rings is 1. The molecular weight excluding hydrogens is 751 g/mol. The average Bonchev–Trinajstić information content (AvgIpc) is 4.00. The number of rotatable bonds is 17. The molecule has 0 unspecified atom stereocenters. The molecule has 2 aliphatic rings. The first-order valence-electron chi connectivity index (χ1n) is 19.5. The molecule has 0 saturated carbocycles. The highest BCUT2D eigenvalue weighted by Crippen LogP contribution is 2.34. The summed E-state index contributed by atoms with van der Waals surface area (Å²) in [5, 5.41) is 29.6. The molecule has 8 atom stereocenters. The van der Waals surface area contributed by atoms with E-state index in [2.05, 4.69) is 20.9 Å². The molecule has 57 heavy (non-hydrogen) atoms. The number of carbonyl (C=O) groups excluding carboxylic acids is 5. The average molecular weight is 804 g/mol. The van der Waals surface area contributed by atoms with Crippen LogP contribution in [0.15, 0.2) is 66.0 Å². The van der Waals surface area contributed by atoms with Crippen LogP contribution in [-0.2, 0) is 36.8 Å². The van der Waals surface area contributed by atoms with Crippen LogP contribution in [-0.4, -0.2) is 110 Å². The Morgan fingerprint density at radius 2 is 1.46 bits per heavy atom. The Balaban J connectivity index is 1.30. The third-order valence-electron chi connectivity index (χ3n) is 10.8. The number of aliphatic carboxylic acids is 1. The molecule has 1 aromatic heterocycles. The van der Waals surface area contributed by atoms with Crippen molar-refractivity contribution in [3.05, 3.63) is 87.9 Å². The lowest BCUT2D eigenvalue weighted by Crippen LogP contribution is -2.59.